The number of carboxylic acids is 1. The Morgan fingerprint density at radius 1 is 1.40 bits per heavy atom. The van der Waals surface area contributed by atoms with Crippen molar-refractivity contribution in [2.45, 2.75) is 0 Å². The average Bonchev–Trinajstić information content (AvgIpc) is 2.96. The number of methoxy groups -OCH3 is 1. The van der Waals surface area contributed by atoms with E-state index in [-0.39, 0.29) is 0 Å². The van der Waals surface area contributed by atoms with Crippen LogP contribution >= 0.6 is 0 Å². The van der Waals surface area contributed by atoms with Gasteiger partial charge in [0, 0.05) is 0 Å². The summed E-state index contributed by atoms with van der Waals surface area (Å²) in [6.45, 7) is -0.537. The van der Waals surface area contributed by atoms with E-state index in [0.717, 1.165) is 5.56 Å². The van der Waals surface area contributed by atoms with Crippen molar-refractivity contribution in [2.75, 3.05) is 13.7 Å². The number of rotatable bonds is 6. The fourth-order valence-electron chi connectivity index (χ4n) is 1.41. The van der Waals surface area contributed by atoms with Gasteiger partial charge < -0.3 is 19.4 Å². The highest BCUT2D eigenvalue weighted by Crippen LogP contribution is 2.27. The van der Waals surface area contributed by atoms with E-state index >= 15 is 0 Å². The number of ether oxygens (including phenoxy) is 2. The molecule has 0 aliphatic rings. The molecule has 0 radical (unpaired) electrons. The fourth-order valence-corrected chi connectivity index (χ4v) is 1.41. The molecule has 0 bridgehead atoms. The zero-order valence-corrected chi connectivity index (χ0v) is 10.6. The van der Waals surface area contributed by atoms with E-state index in [1.807, 2.05) is 0 Å². The second-order valence-corrected chi connectivity index (χ2v) is 3.66. The van der Waals surface area contributed by atoms with Gasteiger partial charge in [0.2, 0.25) is 0 Å². The van der Waals surface area contributed by atoms with Crippen LogP contribution in [-0.2, 0) is 4.79 Å². The minimum absolute atomic E-state index is 0.318. The van der Waals surface area contributed by atoms with Gasteiger partial charge in [-0.2, -0.15) is 5.10 Å². The summed E-state index contributed by atoms with van der Waals surface area (Å²) in [7, 11) is 1.46. The van der Waals surface area contributed by atoms with Crippen LogP contribution in [0, 0.1) is 0 Å². The third-order valence-electron chi connectivity index (χ3n) is 2.28. The molecule has 0 saturated carbocycles. The zero-order chi connectivity index (χ0) is 14.4. The number of aliphatic carboxylic acids is 1. The molecular weight excluding hydrogens is 264 g/mol. The number of hydrogen-bond acceptors (Lipinski definition) is 7. The molecule has 0 aliphatic heterocycles. The number of hydrogen-bond donors (Lipinski definition) is 0. The Hall–Kier alpha value is -2.90. The minimum atomic E-state index is -1.30. The van der Waals surface area contributed by atoms with Crippen molar-refractivity contribution < 1.29 is 19.4 Å². The maximum Gasteiger partial charge on any atom is 0.161 e. The van der Waals surface area contributed by atoms with Crippen LogP contribution in [0.2, 0.25) is 0 Å². The summed E-state index contributed by atoms with van der Waals surface area (Å²) in [5.41, 5.74) is 0.747. The van der Waals surface area contributed by atoms with Gasteiger partial charge >= 0.3 is 0 Å². The predicted molar refractivity (Wildman–Crippen MR) is 66.5 cm³/mol. The lowest BCUT2D eigenvalue weighted by Crippen LogP contribution is -2.29. The molecule has 2 aromatic rings. The molecule has 2 rings (SSSR count). The lowest BCUT2D eigenvalue weighted by Gasteiger charge is -2.11. The molecule has 8 heteroatoms. The summed E-state index contributed by atoms with van der Waals surface area (Å²) < 4.78 is 11.6. The van der Waals surface area contributed by atoms with Crippen molar-refractivity contribution in [1.29, 1.82) is 0 Å². The lowest BCUT2D eigenvalue weighted by molar-refractivity contribution is -0.307. The van der Waals surface area contributed by atoms with E-state index in [1.54, 1.807) is 24.4 Å². The molecule has 0 unspecified atom stereocenters. The van der Waals surface area contributed by atoms with Crippen LogP contribution in [0.15, 0.2) is 36.0 Å². The second kappa shape index (κ2) is 6.32. The molecule has 8 nitrogen and oxygen atoms in total. The van der Waals surface area contributed by atoms with Crippen LogP contribution in [0.4, 0.5) is 0 Å². The van der Waals surface area contributed by atoms with Gasteiger partial charge in [0.05, 0.1) is 19.3 Å². The Morgan fingerprint density at radius 3 is 2.80 bits per heavy atom. The highest BCUT2D eigenvalue weighted by Gasteiger charge is 2.05. The van der Waals surface area contributed by atoms with Crippen LogP contribution < -0.4 is 14.6 Å². The van der Waals surface area contributed by atoms with Crippen molar-refractivity contribution in [3.63, 3.8) is 0 Å². The first-order chi connectivity index (χ1) is 9.69. The molecule has 20 heavy (non-hydrogen) atoms. The molecular formula is C12H11N4O4-. The molecule has 1 aromatic heterocycles. The second-order valence-electron chi connectivity index (χ2n) is 3.66. The Morgan fingerprint density at radius 2 is 2.15 bits per heavy atom. The first kappa shape index (κ1) is 13.5. The maximum absolute atomic E-state index is 10.4. The first-order valence-electron chi connectivity index (χ1n) is 5.58. The Balaban J connectivity index is 2.14. The van der Waals surface area contributed by atoms with Crippen LogP contribution in [0.25, 0.3) is 0 Å². The van der Waals surface area contributed by atoms with Gasteiger partial charge in [-0.15, -0.1) is 10.2 Å². The molecule has 0 aliphatic carbocycles. The Bertz CT molecular complexity index is 610. The van der Waals surface area contributed by atoms with Gasteiger partial charge in [-0.3, -0.25) is 0 Å². The molecule has 0 spiro atoms. The van der Waals surface area contributed by atoms with Crippen LogP contribution in [0.3, 0.4) is 0 Å². The molecule has 0 amide bonds. The van der Waals surface area contributed by atoms with Gasteiger partial charge in [0.1, 0.15) is 19.3 Å². The number of nitrogens with zero attached hydrogens (tertiary/aromatic N) is 4. The van der Waals surface area contributed by atoms with Crippen molar-refractivity contribution in [2.24, 2.45) is 5.10 Å². The normalized spacial score (nSPS) is 10.7. The lowest BCUT2D eigenvalue weighted by atomic mass is 10.2. The number of carbonyl (C=O) groups excluding carboxylic acids is 1. The standard InChI is InChI=1S/C12H12N4O4/c1-19-11-4-9(5-15-16-7-13-14-8-16)2-3-10(11)20-6-12(17)18/h2-5,7-8H,6H2,1H3,(H,17,18)/p-1. The molecule has 0 saturated heterocycles. The quantitative estimate of drug-likeness (QED) is 0.646. The van der Waals surface area contributed by atoms with Crippen LogP contribution in [0.5, 0.6) is 11.5 Å². The number of benzene rings is 1. The van der Waals surface area contributed by atoms with Crippen molar-refractivity contribution in [3.8, 4) is 11.5 Å². The summed E-state index contributed by atoms with van der Waals surface area (Å²) in [5.74, 6) is -0.581. The summed E-state index contributed by atoms with van der Waals surface area (Å²) >= 11 is 0. The number of aromatic nitrogens is 3. The summed E-state index contributed by atoms with van der Waals surface area (Å²) in [6, 6.07) is 4.97. The summed E-state index contributed by atoms with van der Waals surface area (Å²) in [6.07, 6.45) is 4.48. The minimum Gasteiger partial charge on any atom is -0.546 e. The Kier molecular flexibility index (Phi) is 4.28. The summed E-state index contributed by atoms with van der Waals surface area (Å²) in [4.78, 5) is 10.4. The van der Waals surface area contributed by atoms with E-state index in [2.05, 4.69) is 15.3 Å². The van der Waals surface area contributed by atoms with E-state index in [1.165, 1.54) is 24.4 Å². The smallest absolute Gasteiger partial charge is 0.161 e. The Labute approximate surface area is 114 Å². The van der Waals surface area contributed by atoms with E-state index in [0.29, 0.717) is 11.5 Å². The average molecular weight is 275 g/mol. The number of carboxylic acid groups (broad SMARTS) is 1. The molecule has 0 N–H and O–H groups in total. The first-order valence-corrected chi connectivity index (χ1v) is 5.58. The molecule has 1 aromatic carbocycles. The van der Waals surface area contributed by atoms with Crippen molar-refractivity contribution in [3.05, 3.63) is 36.4 Å². The van der Waals surface area contributed by atoms with Gasteiger partial charge in [-0.05, 0) is 23.8 Å². The fraction of sp³-hybridized carbons (Fsp3) is 0.167. The van der Waals surface area contributed by atoms with Gasteiger partial charge in [0.15, 0.2) is 11.5 Å². The zero-order valence-electron chi connectivity index (χ0n) is 10.6. The highest BCUT2D eigenvalue weighted by molar-refractivity contribution is 5.80. The van der Waals surface area contributed by atoms with E-state index < -0.39 is 12.6 Å². The molecule has 0 fully saturated rings. The molecule has 1 heterocycles. The van der Waals surface area contributed by atoms with Crippen LogP contribution in [0.1, 0.15) is 5.56 Å². The van der Waals surface area contributed by atoms with E-state index in [4.69, 9.17) is 9.47 Å². The topological polar surface area (TPSA) is 102 Å². The van der Waals surface area contributed by atoms with Gasteiger partial charge in [0.25, 0.3) is 0 Å². The number of carbonyl (C=O) groups is 1. The monoisotopic (exact) mass is 275 g/mol. The van der Waals surface area contributed by atoms with Crippen molar-refractivity contribution >= 4 is 12.2 Å². The summed E-state index contributed by atoms with van der Waals surface area (Å²) in [5, 5.41) is 21.7. The third kappa shape index (κ3) is 3.55. The highest BCUT2D eigenvalue weighted by atomic mass is 16.5. The van der Waals surface area contributed by atoms with Gasteiger partial charge in [-0.25, -0.2) is 4.68 Å². The predicted octanol–water partition coefficient (Wildman–Crippen LogP) is -0.702. The van der Waals surface area contributed by atoms with Gasteiger partial charge in [-0.1, -0.05) is 0 Å². The van der Waals surface area contributed by atoms with Crippen molar-refractivity contribution in [1.82, 2.24) is 14.9 Å². The third-order valence-corrected chi connectivity index (χ3v) is 2.28. The van der Waals surface area contributed by atoms with Crippen LogP contribution in [-0.4, -0.2) is 40.8 Å². The largest absolute Gasteiger partial charge is 0.546 e. The molecule has 0 atom stereocenters. The van der Waals surface area contributed by atoms with E-state index in [9.17, 15) is 9.90 Å². The maximum atomic E-state index is 10.4. The molecule has 104 valence electrons. The SMILES string of the molecule is COc1cc(C=Nn2cnnc2)ccc1OCC(=O)[O-].